The number of hydrogen-bond acceptors (Lipinski definition) is 3. The summed E-state index contributed by atoms with van der Waals surface area (Å²) in [6.45, 7) is -0.284. The SMILES string of the molecule is COc1ccc(OCC(=O)N2CCCCC2C(F)(F)F)cc1. The first kappa shape index (κ1) is 16.5. The van der Waals surface area contributed by atoms with Crippen molar-refractivity contribution in [2.24, 2.45) is 0 Å². The molecule has 0 aromatic heterocycles. The Hall–Kier alpha value is -1.92. The molecule has 1 atom stereocenters. The molecule has 4 nitrogen and oxygen atoms in total. The van der Waals surface area contributed by atoms with Gasteiger partial charge in [0.2, 0.25) is 0 Å². The Morgan fingerprint density at radius 2 is 1.86 bits per heavy atom. The van der Waals surface area contributed by atoms with Crippen LogP contribution in [0.4, 0.5) is 13.2 Å². The van der Waals surface area contributed by atoms with E-state index in [1.54, 1.807) is 24.3 Å². The molecule has 1 saturated heterocycles. The smallest absolute Gasteiger partial charge is 0.408 e. The number of carbonyl (C=O) groups is 1. The van der Waals surface area contributed by atoms with Gasteiger partial charge in [-0.25, -0.2) is 0 Å². The molecule has 1 aliphatic rings. The summed E-state index contributed by atoms with van der Waals surface area (Å²) in [6, 6.07) is 4.80. The Balaban J connectivity index is 1.95. The average Bonchev–Trinajstić information content (AvgIpc) is 2.52. The van der Waals surface area contributed by atoms with E-state index in [0.29, 0.717) is 24.3 Å². The second-order valence-electron chi connectivity index (χ2n) is 5.10. The van der Waals surface area contributed by atoms with Crippen LogP contribution in [0.5, 0.6) is 11.5 Å². The molecule has 1 fully saturated rings. The number of ether oxygens (including phenoxy) is 2. The molecule has 0 radical (unpaired) electrons. The highest BCUT2D eigenvalue weighted by Gasteiger charge is 2.46. The van der Waals surface area contributed by atoms with Gasteiger partial charge in [0, 0.05) is 6.54 Å². The number of amides is 1. The summed E-state index contributed by atoms with van der Waals surface area (Å²) in [7, 11) is 1.52. The molecule has 1 amide bonds. The quantitative estimate of drug-likeness (QED) is 0.857. The van der Waals surface area contributed by atoms with Gasteiger partial charge in [0.15, 0.2) is 6.61 Å². The summed E-state index contributed by atoms with van der Waals surface area (Å²) in [4.78, 5) is 12.9. The zero-order valence-corrected chi connectivity index (χ0v) is 12.2. The van der Waals surface area contributed by atoms with Gasteiger partial charge in [0.05, 0.1) is 7.11 Å². The molecule has 1 heterocycles. The van der Waals surface area contributed by atoms with Gasteiger partial charge in [-0.2, -0.15) is 13.2 Å². The lowest BCUT2D eigenvalue weighted by molar-refractivity contribution is -0.196. The van der Waals surface area contributed by atoms with E-state index in [1.165, 1.54) is 7.11 Å². The van der Waals surface area contributed by atoms with E-state index >= 15 is 0 Å². The van der Waals surface area contributed by atoms with Gasteiger partial charge in [-0.1, -0.05) is 0 Å². The van der Waals surface area contributed by atoms with E-state index in [1.807, 2.05) is 0 Å². The Kier molecular flexibility index (Phi) is 5.15. The number of piperidine rings is 1. The molecule has 0 N–H and O–H groups in total. The summed E-state index contributed by atoms with van der Waals surface area (Å²) in [6.07, 6.45) is -3.37. The zero-order valence-electron chi connectivity index (χ0n) is 12.2. The number of alkyl halides is 3. The van der Waals surface area contributed by atoms with Gasteiger partial charge in [-0.15, -0.1) is 0 Å². The van der Waals surface area contributed by atoms with Crippen LogP contribution in [0.15, 0.2) is 24.3 Å². The molecule has 1 aromatic rings. The van der Waals surface area contributed by atoms with E-state index in [2.05, 4.69) is 0 Å². The number of carbonyl (C=O) groups excluding carboxylic acids is 1. The number of halogens is 3. The third-order valence-electron chi connectivity index (χ3n) is 3.62. The van der Waals surface area contributed by atoms with Crippen LogP contribution in [-0.4, -0.2) is 43.3 Å². The molecule has 0 spiro atoms. The fraction of sp³-hybridized carbons (Fsp3) is 0.533. The normalized spacial score (nSPS) is 18.9. The average molecular weight is 317 g/mol. The molecule has 1 aromatic carbocycles. The second kappa shape index (κ2) is 6.89. The molecule has 0 bridgehead atoms. The minimum Gasteiger partial charge on any atom is -0.497 e. The zero-order chi connectivity index (χ0) is 16.2. The summed E-state index contributed by atoms with van der Waals surface area (Å²) in [5, 5.41) is 0. The maximum atomic E-state index is 12.9. The topological polar surface area (TPSA) is 38.8 Å². The fourth-order valence-corrected chi connectivity index (χ4v) is 2.47. The number of likely N-dealkylation sites (tertiary alicyclic amines) is 1. The van der Waals surface area contributed by atoms with Crippen molar-refractivity contribution in [3.05, 3.63) is 24.3 Å². The molecular formula is C15H18F3NO3. The highest BCUT2D eigenvalue weighted by Crippen LogP contribution is 2.31. The Bertz CT molecular complexity index is 502. The first-order valence-electron chi connectivity index (χ1n) is 7.05. The lowest BCUT2D eigenvalue weighted by Gasteiger charge is -2.36. The highest BCUT2D eigenvalue weighted by molar-refractivity contribution is 5.78. The molecular weight excluding hydrogens is 299 g/mol. The maximum absolute atomic E-state index is 12.9. The summed E-state index contributed by atoms with van der Waals surface area (Å²) in [5.74, 6) is 0.402. The van der Waals surface area contributed by atoms with Crippen LogP contribution in [0, 0.1) is 0 Å². The van der Waals surface area contributed by atoms with Gasteiger partial charge in [-0.05, 0) is 43.5 Å². The minimum absolute atomic E-state index is 0.0439. The molecule has 122 valence electrons. The van der Waals surface area contributed by atoms with Crippen molar-refractivity contribution in [2.75, 3.05) is 20.3 Å². The lowest BCUT2D eigenvalue weighted by Crippen LogP contribution is -2.52. The van der Waals surface area contributed by atoms with Gasteiger partial charge < -0.3 is 14.4 Å². The summed E-state index contributed by atoms with van der Waals surface area (Å²) in [5.41, 5.74) is 0. The number of hydrogen-bond donors (Lipinski definition) is 0. The molecule has 2 rings (SSSR count). The van der Waals surface area contributed by atoms with Crippen molar-refractivity contribution in [2.45, 2.75) is 31.5 Å². The van der Waals surface area contributed by atoms with E-state index < -0.39 is 24.7 Å². The van der Waals surface area contributed by atoms with Crippen molar-refractivity contribution in [3.63, 3.8) is 0 Å². The second-order valence-corrected chi connectivity index (χ2v) is 5.10. The van der Waals surface area contributed by atoms with E-state index in [4.69, 9.17) is 9.47 Å². The number of methoxy groups -OCH3 is 1. The van der Waals surface area contributed by atoms with Crippen LogP contribution in [0.3, 0.4) is 0 Å². The molecule has 7 heteroatoms. The van der Waals surface area contributed by atoms with Crippen molar-refractivity contribution in [1.82, 2.24) is 4.90 Å². The molecule has 1 unspecified atom stereocenters. The lowest BCUT2D eigenvalue weighted by atomic mass is 10.0. The Morgan fingerprint density at radius 3 is 2.45 bits per heavy atom. The number of benzene rings is 1. The van der Waals surface area contributed by atoms with Gasteiger partial charge in [0.1, 0.15) is 17.5 Å². The van der Waals surface area contributed by atoms with Crippen molar-refractivity contribution < 1.29 is 27.4 Å². The van der Waals surface area contributed by atoms with E-state index in [0.717, 1.165) is 4.90 Å². The summed E-state index contributed by atoms with van der Waals surface area (Å²) >= 11 is 0. The summed E-state index contributed by atoms with van der Waals surface area (Å²) < 4.78 is 49.1. The Morgan fingerprint density at radius 1 is 1.23 bits per heavy atom. The molecule has 22 heavy (non-hydrogen) atoms. The van der Waals surface area contributed by atoms with Crippen LogP contribution in [0.1, 0.15) is 19.3 Å². The van der Waals surface area contributed by atoms with Gasteiger partial charge >= 0.3 is 6.18 Å². The molecule has 1 aliphatic heterocycles. The number of nitrogens with zero attached hydrogens (tertiary/aromatic N) is 1. The third-order valence-corrected chi connectivity index (χ3v) is 3.62. The van der Waals surface area contributed by atoms with Crippen LogP contribution in [-0.2, 0) is 4.79 Å². The third kappa shape index (κ3) is 4.05. The minimum atomic E-state index is -4.39. The van der Waals surface area contributed by atoms with Crippen LogP contribution < -0.4 is 9.47 Å². The predicted molar refractivity (Wildman–Crippen MR) is 73.9 cm³/mol. The monoisotopic (exact) mass is 317 g/mol. The van der Waals surface area contributed by atoms with Crippen molar-refractivity contribution >= 4 is 5.91 Å². The van der Waals surface area contributed by atoms with E-state index in [-0.39, 0.29) is 13.0 Å². The standard InChI is InChI=1S/C15H18F3NO3/c1-21-11-5-7-12(8-6-11)22-10-14(20)19-9-3-2-4-13(19)15(16,17)18/h5-8,13H,2-4,9-10H2,1H3. The van der Waals surface area contributed by atoms with Gasteiger partial charge in [-0.3, -0.25) is 4.79 Å². The van der Waals surface area contributed by atoms with Crippen molar-refractivity contribution in [3.8, 4) is 11.5 Å². The highest BCUT2D eigenvalue weighted by atomic mass is 19.4. The first-order chi connectivity index (χ1) is 10.4. The molecule has 0 saturated carbocycles. The fourth-order valence-electron chi connectivity index (χ4n) is 2.47. The Labute approximate surface area is 126 Å². The predicted octanol–water partition coefficient (Wildman–Crippen LogP) is 3.02. The van der Waals surface area contributed by atoms with Gasteiger partial charge in [0.25, 0.3) is 5.91 Å². The first-order valence-corrected chi connectivity index (χ1v) is 7.05. The van der Waals surface area contributed by atoms with Crippen molar-refractivity contribution in [1.29, 1.82) is 0 Å². The molecule has 0 aliphatic carbocycles. The van der Waals surface area contributed by atoms with Crippen LogP contribution in [0.2, 0.25) is 0 Å². The maximum Gasteiger partial charge on any atom is 0.408 e. The largest absolute Gasteiger partial charge is 0.497 e. The van der Waals surface area contributed by atoms with Crippen LogP contribution >= 0.6 is 0 Å². The van der Waals surface area contributed by atoms with E-state index in [9.17, 15) is 18.0 Å². The van der Waals surface area contributed by atoms with Crippen LogP contribution in [0.25, 0.3) is 0 Å². The number of rotatable bonds is 4.